The summed E-state index contributed by atoms with van der Waals surface area (Å²) in [5.41, 5.74) is 4.23. The van der Waals surface area contributed by atoms with Crippen molar-refractivity contribution < 1.29 is 85.3 Å². The van der Waals surface area contributed by atoms with E-state index in [0.717, 1.165) is 11.1 Å². The largest absolute Gasteiger partial charge is 0.485 e. The Morgan fingerprint density at radius 3 is 0.767 bits per heavy atom. The van der Waals surface area contributed by atoms with Gasteiger partial charge in [0.25, 0.3) is 0 Å². The lowest BCUT2D eigenvalue weighted by Crippen LogP contribution is -2.31. The van der Waals surface area contributed by atoms with Crippen molar-refractivity contribution in [2.24, 2.45) is 0 Å². The maximum Gasteiger partial charge on any atom is 0.145 e. The molecule has 86 heavy (non-hydrogen) atoms. The minimum atomic E-state index is -0.638. The van der Waals surface area contributed by atoms with Crippen LogP contribution in [-0.4, -0.2) is 226 Å². The Bertz CT molecular complexity index is 2260. The molecule has 3 rings (SSSR count). The highest BCUT2D eigenvalue weighted by atomic mass is 16.6. The first-order valence-electron chi connectivity index (χ1n) is 28.4. The Hall–Kier alpha value is -6.46. The maximum atomic E-state index is 9.37. The van der Waals surface area contributed by atoms with E-state index in [1.54, 1.807) is 28.4 Å². The van der Waals surface area contributed by atoms with E-state index < -0.39 is 12.2 Å². The zero-order valence-electron chi connectivity index (χ0n) is 50.3. The van der Waals surface area contributed by atoms with Gasteiger partial charge in [-0.3, -0.25) is 0 Å². The van der Waals surface area contributed by atoms with E-state index in [4.69, 9.17) is 85.3 Å². The van der Waals surface area contributed by atoms with Gasteiger partial charge in [-0.1, -0.05) is 72.8 Å². The summed E-state index contributed by atoms with van der Waals surface area (Å²) >= 11 is 0. The molecular weight excluding hydrogens is 1110 g/mol. The summed E-state index contributed by atoms with van der Waals surface area (Å²) in [6, 6.07) is 26.1. The van der Waals surface area contributed by atoms with Crippen molar-refractivity contribution in [3.8, 4) is 35.8 Å². The summed E-state index contributed by atoms with van der Waals surface area (Å²) in [6.45, 7) is 9.93. The number of rotatable bonds is 54. The molecule has 0 aromatic heterocycles. The molecule has 0 aliphatic heterocycles. The third kappa shape index (κ3) is 36.5. The second kappa shape index (κ2) is 51.7. The molecule has 0 saturated heterocycles. The molecule has 0 aliphatic carbocycles. The van der Waals surface area contributed by atoms with Crippen LogP contribution in [0.4, 0.5) is 0 Å². The van der Waals surface area contributed by atoms with E-state index >= 15 is 0 Å². The number of benzene rings is 3. The van der Waals surface area contributed by atoms with E-state index in [-0.39, 0.29) is 64.0 Å². The lowest BCUT2D eigenvalue weighted by Gasteiger charge is -2.24. The normalized spacial score (nSPS) is 11.3. The Labute approximate surface area is 507 Å². The van der Waals surface area contributed by atoms with Crippen molar-refractivity contribution in [3.63, 3.8) is 0 Å². The standard InChI is InChI=1S/C64H86N4O18/c1-69-17-21-73-25-29-77-33-37-81-49-61(50-82-38-34-78-30-26-74-22-18-70-2)85-63-43-60(16-14-54-7-11-56(12-8-54)42-58(47-67)48-68)64(44-59(63)15-13-53-5-9-55(10-6-53)41-57(45-65)46-66)86-62(51-83-39-35-79-31-27-75-23-19-71-3)52-84-40-36-80-32-28-76-24-20-72-4/h5-16,41-44,61-62H,17-40,49-52H2,1-4H3/b15-13+,16-14+. The van der Waals surface area contributed by atoms with Crippen molar-refractivity contribution in [1.29, 1.82) is 21.0 Å². The third-order valence-electron chi connectivity index (χ3n) is 11.5. The van der Waals surface area contributed by atoms with Crippen molar-refractivity contribution in [1.82, 2.24) is 0 Å². The number of ether oxygens (including phenoxy) is 18. The first-order valence-corrected chi connectivity index (χ1v) is 28.4. The number of hydrogen-bond donors (Lipinski definition) is 0. The summed E-state index contributed by atoms with van der Waals surface area (Å²) < 4.78 is 104. The van der Waals surface area contributed by atoms with Crippen molar-refractivity contribution in [3.05, 3.63) is 105 Å². The number of hydrogen-bond acceptors (Lipinski definition) is 22. The maximum absolute atomic E-state index is 9.37. The Morgan fingerprint density at radius 2 is 0.535 bits per heavy atom. The first-order chi connectivity index (χ1) is 42.4. The fourth-order valence-electron chi connectivity index (χ4n) is 7.13. The number of nitrogens with zero attached hydrogens (tertiary/aromatic N) is 4. The van der Waals surface area contributed by atoms with E-state index in [9.17, 15) is 21.0 Å². The van der Waals surface area contributed by atoms with Gasteiger partial charge in [0, 0.05) is 39.6 Å². The topological polar surface area (TPSA) is 261 Å². The van der Waals surface area contributed by atoms with Gasteiger partial charge in [-0.15, -0.1) is 0 Å². The summed E-state index contributed by atoms with van der Waals surface area (Å²) in [5.74, 6) is 0.923. The Morgan fingerprint density at radius 1 is 0.314 bits per heavy atom. The average molecular weight is 1200 g/mol. The summed E-state index contributed by atoms with van der Waals surface area (Å²) in [6.07, 6.45) is 9.39. The average Bonchev–Trinajstić information content (AvgIpc) is 2.59. The van der Waals surface area contributed by atoms with E-state index in [2.05, 4.69) is 0 Å². The summed E-state index contributed by atoms with van der Waals surface area (Å²) in [5, 5.41) is 37.5. The lowest BCUT2D eigenvalue weighted by molar-refractivity contribution is -0.0415. The summed E-state index contributed by atoms with van der Waals surface area (Å²) in [4.78, 5) is 0. The van der Waals surface area contributed by atoms with Gasteiger partial charge in [0.1, 0.15) is 59.1 Å². The monoisotopic (exact) mass is 1200 g/mol. The van der Waals surface area contributed by atoms with Crippen LogP contribution in [0.25, 0.3) is 36.5 Å². The molecule has 0 radical (unpaired) electrons. The molecule has 3 aromatic rings. The molecule has 0 amide bonds. The quantitative estimate of drug-likeness (QED) is 0.0308. The fourth-order valence-corrected chi connectivity index (χ4v) is 7.13. The highest BCUT2D eigenvalue weighted by Gasteiger charge is 2.20. The summed E-state index contributed by atoms with van der Waals surface area (Å²) in [7, 11) is 6.47. The van der Waals surface area contributed by atoms with Crippen LogP contribution in [-0.2, 0) is 75.8 Å². The lowest BCUT2D eigenvalue weighted by atomic mass is 10.0. The first kappa shape index (κ1) is 73.8. The molecule has 0 atom stereocenters. The third-order valence-corrected chi connectivity index (χ3v) is 11.5. The SMILES string of the molecule is COCCOCCOCCOCC(COCCOCCOCCOC)Oc1cc(/C=C/c2ccc(C=C(C#N)C#N)cc2)c(OC(COCCOCCOCCOC)COCCOCCOCCOC)cc1/C=C/c1ccc(C=C(C#N)C#N)cc1. The molecule has 0 aliphatic rings. The van der Waals surface area contributed by atoms with Gasteiger partial charge >= 0.3 is 0 Å². The van der Waals surface area contributed by atoms with Gasteiger partial charge in [0.15, 0.2) is 0 Å². The molecule has 0 heterocycles. The van der Waals surface area contributed by atoms with E-state index in [1.807, 2.05) is 109 Å². The Kier molecular flexibility index (Phi) is 44.4. The van der Waals surface area contributed by atoms with Gasteiger partial charge < -0.3 is 85.3 Å². The zero-order valence-corrected chi connectivity index (χ0v) is 50.3. The van der Waals surface area contributed by atoms with Crippen molar-refractivity contribution in [2.75, 3.05) is 213 Å². The molecule has 0 fully saturated rings. The van der Waals surface area contributed by atoms with Crippen LogP contribution in [0, 0.1) is 45.3 Å². The molecule has 0 N–H and O–H groups in total. The van der Waals surface area contributed by atoms with Gasteiger partial charge in [0.2, 0.25) is 0 Å². The van der Waals surface area contributed by atoms with Gasteiger partial charge in [-0.2, -0.15) is 21.0 Å². The van der Waals surface area contributed by atoms with Crippen LogP contribution in [0.15, 0.2) is 71.8 Å². The van der Waals surface area contributed by atoms with E-state index in [0.29, 0.717) is 166 Å². The second-order valence-corrected chi connectivity index (χ2v) is 18.1. The van der Waals surface area contributed by atoms with Gasteiger partial charge in [0.05, 0.1) is 185 Å². The highest BCUT2D eigenvalue weighted by Crippen LogP contribution is 2.34. The molecule has 3 aromatic carbocycles. The second-order valence-electron chi connectivity index (χ2n) is 18.1. The molecule has 22 nitrogen and oxygen atoms in total. The molecule has 0 bridgehead atoms. The highest BCUT2D eigenvalue weighted by molar-refractivity contribution is 5.79. The van der Waals surface area contributed by atoms with Gasteiger partial charge in [-0.05, 0) is 46.5 Å². The van der Waals surface area contributed by atoms with Gasteiger partial charge in [-0.25, -0.2) is 0 Å². The molecule has 0 unspecified atom stereocenters. The number of allylic oxidation sites excluding steroid dienone is 2. The van der Waals surface area contributed by atoms with Crippen LogP contribution in [0.1, 0.15) is 33.4 Å². The Balaban J connectivity index is 2.10. The molecule has 0 spiro atoms. The van der Waals surface area contributed by atoms with Crippen LogP contribution in [0.5, 0.6) is 11.5 Å². The minimum Gasteiger partial charge on any atom is -0.485 e. The smallest absolute Gasteiger partial charge is 0.145 e. The zero-order chi connectivity index (χ0) is 61.6. The predicted molar refractivity (Wildman–Crippen MR) is 322 cm³/mol. The van der Waals surface area contributed by atoms with Crippen molar-refractivity contribution in [2.45, 2.75) is 12.2 Å². The van der Waals surface area contributed by atoms with E-state index in [1.165, 1.54) is 12.2 Å². The fraction of sp³-hybridized carbons (Fsp3) is 0.531. The number of methoxy groups -OCH3 is 4. The number of nitriles is 4. The molecular formula is C64H86N4O18. The van der Waals surface area contributed by atoms with Crippen LogP contribution in [0.2, 0.25) is 0 Å². The molecule has 22 heteroatoms. The van der Waals surface area contributed by atoms with Crippen molar-refractivity contribution >= 4 is 36.5 Å². The molecule has 470 valence electrons. The van der Waals surface area contributed by atoms with Crippen LogP contribution < -0.4 is 9.47 Å². The molecule has 0 saturated carbocycles. The van der Waals surface area contributed by atoms with Crippen LogP contribution >= 0.6 is 0 Å². The van der Waals surface area contributed by atoms with Crippen LogP contribution in [0.3, 0.4) is 0 Å². The minimum absolute atomic E-state index is 0.0141. The predicted octanol–water partition coefficient (Wildman–Crippen LogP) is 7.17.